The van der Waals surface area contributed by atoms with Crippen molar-refractivity contribution in [3.05, 3.63) is 24.3 Å². The van der Waals surface area contributed by atoms with E-state index >= 15 is 0 Å². The van der Waals surface area contributed by atoms with Crippen molar-refractivity contribution in [2.24, 2.45) is 10.8 Å². The maximum Gasteiger partial charge on any atom is 0.000344 e. The second kappa shape index (κ2) is 1.71. The average molecular weight is 160 g/mol. The Morgan fingerprint density at radius 2 is 1.08 bits per heavy atom. The molecule has 3 fully saturated rings. The van der Waals surface area contributed by atoms with Gasteiger partial charge in [-0.3, -0.25) is 0 Å². The molecule has 0 heteroatoms. The monoisotopic (exact) mass is 160 g/mol. The fraction of sp³-hybridized carbons (Fsp3) is 0.667. The summed E-state index contributed by atoms with van der Waals surface area (Å²) >= 11 is 0. The molecule has 0 aliphatic heterocycles. The third kappa shape index (κ3) is 0.437. The molecular formula is C12H16. The first-order valence-electron chi connectivity index (χ1n) is 5.08. The highest BCUT2D eigenvalue weighted by atomic mass is 14.7. The van der Waals surface area contributed by atoms with Gasteiger partial charge in [-0.15, -0.1) is 0 Å². The zero-order valence-corrected chi connectivity index (χ0v) is 7.66. The van der Waals surface area contributed by atoms with Gasteiger partial charge in [0.05, 0.1) is 0 Å². The van der Waals surface area contributed by atoms with E-state index in [4.69, 9.17) is 0 Å². The molecule has 0 heterocycles. The van der Waals surface area contributed by atoms with Crippen LogP contribution in [0, 0.1) is 10.8 Å². The molecule has 0 aromatic rings. The number of hydrogen-bond donors (Lipinski definition) is 0. The summed E-state index contributed by atoms with van der Waals surface area (Å²) < 4.78 is 0. The van der Waals surface area contributed by atoms with E-state index in [0.29, 0.717) is 10.8 Å². The van der Waals surface area contributed by atoms with Crippen molar-refractivity contribution in [3.63, 3.8) is 0 Å². The molecule has 0 unspecified atom stereocenters. The van der Waals surface area contributed by atoms with Crippen molar-refractivity contribution >= 4 is 0 Å². The Bertz CT molecular complexity index is 244. The zero-order valence-electron chi connectivity index (χ0n) is 7.66. The van der Waals surface area contributed by atoms with Gasteiger partial charge in [0.2, 0.25) is 0 Å². The molecule has 0 spiro atoms. The molecule has 3 rings (SSSR count). The van der Waals surface area contributed by atoms with Crippen molar-refractivity contribution < 1.29 is 0 Å². The average Bonchev–Trinajstić information content (AvgIpc) is 2.03. The molecule has 0 aromatic heterocycles. The summed E-state index contributed by atoms with van der Waals surface area (Å²) in [6.07, 6.45) is 8.08. The minimum atomic E-state index is 0.572. The third-order valence-electron chi connectivity index (χ3n) is 4.96. The number of rotatable bonds is 0. The van der Waals surface area contributed by atoms with E-state index in [1.807, 2.05) is 0 Å². The summed E-state index contributed by atoms with van der Waals surface area (Å²) in [6, 6.07) is 0. The van der Waals surface area contributed by atoms with Crippen LogP contribution in [-0.4, -0.2) is 0 Å². The lowest BCUT2D eigenvalue weighted by molar-refractivity contribution is -0.132. The predicted octanol–water partition coefficient (Wildman–Crippen LogP) is 3.45. The molecule has 0 aromatic carbocycles. The normalized spacial score (nSPS) is 50.3. The first-order valence-corrected chi connectivity index (χ1v) is 5.08. The van der Waals surface area contributed by atoms with Crippen molar-refractivity contribution in [3.8, 4) is 0 Å². The maximum atomic E-state index is 4.26. The summed E-state index contributed by atoms with van der Waals surface area (Å²) in [7, 11) is 0. The smallest absolute Gasteiger partial charge is 0.000344 e. The van der Waals surface area contributed by atoms with Crippen LogP contribution in [0.2, 0.25) is 0 Å². The van der Waals surface area contributed by atoms with E-state index in [1.54, 1.807) is 11.1 Å². The fourth-order valence-corrected chi connectivity index (χ4v) is 3.87. The Morgan fingerprint density at radius 3 is 1.33 bits per heavy atom. The molecule has 64 valence electrons. The Morgan fingerprint density at radius 1 is 0.750 bits per heavy atom. The van der Waals surface area contributed by atoms with Gasteiger partial charge in [0.25, 0.3) is 0 Å². The van der Waals surface area contributed by atoms with Gasteiger partial charge in [0, 0.05) is 10.8 Å². The van der Waals surface area contributed by atoms with Crippen LogP contribution < -0.4 is 0 Å². The van der Waals surface area contributed by atoms with Crippen LogP contribution in [0.4, 0.5) is 0 Å². The lowest BCUT2D eigenvalue weighted by Crippen LogP contribution is -2.62. The predicted molar refractivity (Wildman–Crippen MR) is 50.8 cm³/mol. The molecule has 0 atom stereocenters. The highest BCUT2D eigenvalue weighted by Crippen LogP contribution is 2.78. The van der Waals surface area contributed by atoms with E-state index in [9.17, 15) is 0 Å². The van der Waals surface area contributed by atoms with Gasteiger partial charge in [0.1, 0.15) is 0 Å². The van der Waals surface area contributed by atoms with E-state index in [1.165, 1.54) is 38.5 Å². The standard InChI is InChI=1S/C12H16/c1-9-3-4-10(2)12-7-5-11(9,12)6-8-12/h1-8H2. The Kier molecular flexibility index (Phi) is 0.988. The van der Waals surface area contributed by atoms with Crippen molar-refractivity contribution in [1.82, 2.24) is 0 Å². The van der Waals surface area contributed by atoms with Gasteiger partial charge in [-0.25, -0.2) is 0 Å². The quantitative estimate of drug-likeness (QED) is 0.476. The van der Waals surface area contributed by atoms with E-state index in [2.05, 4.69) is 13.2 Å². The topological polar surface area (TPSA) is 0 Å². The van der Waals surface area contributed by atoms with Crippen LogP contribution in [0.25, 0.3) is 0 Å². The highest BCUT2D eigenvalue weighted by Gasteiger charge is 2.68. The van der Waals surface area contributed by atoms with E-state index < -0.39 is 0 Å². The minimum Gasteiger partial charge on any atom is -0.0993 e. The molecule has 0 radical (unpaired) electrons. The van der Waals surface area contributed by atoms with Crippen molar-refractivity contribution in [2.75, 3.05) is 0 Å². The molecule has 0 bridgehead atoms. The van der Waals surface area contributed by atoms with Gasteiger partial charge >= 0.3 is 0 Å². The summed E-state index contributed by atoms with van der Waals surface area (Å²) in [4.78, 5) is 0. The Balaban J connectivity index is 2.08. The van der Waals surface area contributed by atoms with Crippen molar-refractivity contribution in [2.45, 2.75) is 38.5 Å². The summed E-state index contributed by atoms with van der Waals surface area (Å²) in [6.45, 7) is 8.52. The second-order valence-electron chi connectivity index (χ2n) is 4.87. The third-order valence-corrected chi connectivity index (χ3v) is 4.96. The molecule has 3 saturated carbocycles. The largest absolute Gasteiger partial charge is 0.0993 e. The first kappa shape index (κ1) is 6.94. The fourth-order valence-electron chi connectivity index (χ4n) is 3.87. The molecule has 0 nitrogen and oxygen atoms in total. The molecule has 0 N–H and O–H groups in total. The van der Waals surface area contributed by atoms with E-state index in [0.717, 1.165) is 0 Å². The van der Waals surface area contributed by atoms with Gasteiger partial charge in [-0.1, -0.05) is 24.3 Å². The molecule has 0 saturated heterocycles. The highest BCUT2D eigenvalue weighted by molar-refractivity contribution is 5.41. The lowest BCUT2D eigenvalue weighted by atomic mass is 9.31. The summed E-state index contributed by atoms with van der Waals surface area (Å²) in [5, 5.41) is 0. The first-order chi connectivity index (χ1) is 5.71. The van der Waals surface area contributed by atoms with Crippen LogP contribution in [0.15, 0.2) is 24.3 Å². The van der Waals surface area contributed by atoms with Crippen LogP contribution in [0.1, 0.15) is 38.5 Å². The minimum absolute atomic E-state index is 0.572. The maximum absolute atomic E-state index is 4.26. The lowest BCUT2D eigenvalue weighted by Gasteiger charge is -2.72. The SMILES string of the molecule is C=C1CCC(=C)C23CCC12CC3. The van der Waals surface area contributed by atoms with Crippen LogP contribution >= 0.6 is 0 Å². The molecule has 0 amide bonds. The van der Waals surface area contributed by atoms with Crippen LogP contribution in [0.5, 0.6) is 0 Å². The second-order valence-corrected chi connectivity index (χ2v) is 4.87. The van der Waals surface area contributed by atoms with Gasteiger partial charge in [-0.2, -0.15) is 0 Å². The Hall–Kier alpha value is -0.520. The number of hydrogen-bond acceptors (Lipinski definition) is 0. The zero-order chi connectivity index (χ0) is 8.40. The molecule has 3 aliphatic carbocycles. The molecule has 3 aliphatic rings. The molecule has 12 heavy (non-hydrogen) atoms. The van der Waals surface area contributed by atoms with E-state index in [-0.39, 0.29) is 0 Å². The summed E-state index contributed by atoms with van der Waals surface area (Å²) in [5.74, 6) is 0. The van der Waals surface area contributed by atoms with Gasteiger partial charge in [0.15, 0.2) is 0 Å². The number of allylic oxidation sites excluding steroid dienone is 2. The van der Waals surface area contributed by atoms with Crippen LogP contribution in [0.3, 0.4) is 0 Å². The van der Waals surface area contributed by atoms with Crippen LogP contribution in [-0.2, 0) is 0 Å². The molecular weight excluding hydrogens is 144 g/mol. The van der Waals surface area contributed by atoms with Gasteiger partial charge < -0.3 is 0 Å². The van der Waals surface area contributed by atoms with Gasteiger partial charge in [-0.05, 0) is 38.5 Å². The summed E-state index contributed by atoms with van der Waals surface area (Å²) in [5.41, 5.74) is 4.24. The Labute approximate surface area is 74.4 Å². The van der Waals surface area contributed by atoms with Crippen molar-refractivity contribution in [1.29, 1.82) is 0 Å².